The molecule has 1 fully saturated rings. The van der Waals surface area contributed by atoms with Gasteiger partial charge in [-0.05, 0) is 44.4 Å². The van der Waals surface area contributed by atoms with E-state index < -0.39 is 0 Å². The number of halogens is 1. The topological polar surface area (TPSA) is 38.0 Å². The Balaban J connectivity index is 2.29. The molecule has 0 unspecified atom stereocenters. The van der Waals surface area contributed by atoms with Gasteiger partial charge in [0.05, 0.1) is 10.7 Å². The first kappa shape index (κ1) is 9.66. The standard InChI is InChI=1S/C11H15ClN2/c1-7-5-9(13)8(12)6-10(7)14-11(2)3-4-11/h5-6,14H,3-4,13H2,1-2H3. The van der Waals surface area contributed by atoms with Crippen LogP contribution in [-0.2, 0) is 0 Å². The molecule has 0 saturated heterocycles. The predicted octanol–water partition coefficient (Wildman–Crippen LogP) is 3.20. The Bertz CT molecular complexity index is 370. The van der Waals surface area contributed by atoms with Crippen molar-refractivity contribution < 1.29 is 0 Å². The molecule has 0 aromatic heterocycles. The van der Waals surface area contributed by atoms with Crippen molar-refractivity contribution in [2.24, 2.45) is 0 Å². The summed E-state index contributed by atoms with van der Waals surface area (Å²) in [5.41, 5.74) is 8.89. The Morgan fingerprint density at radius 3 is 2.64 bits per heavy atom. The van der Waals surface area contributed by atoms with Crippen LogP contribution in [0.5, 0.6) is 0 Å². The summed E-state index contributed by atoms with van der Waals surface area (Å²) in [7, 11) is 0. The molecule has 1 aromatic rings. The molecule has 0 heterocycles. The molecular weight excluding hydrogens is 196 g/mol. The smallest absolute Gasteiger partial charge is 0.0656 e. The van der Waals surface area contributed by atoms with E-state index >= 15 is 0 Å². The van der Waals surface area contributed by atoms with Gasteiger partial charge in [-0.2, -0.15) is 0 Å². The van der Waals surface area contributed by atoms with Crippen LogP contribution in [0, 0.1) is 6.92 Å². The first-order chi connectivity index (χ1) is 6.50. The number of rotatable bonds is 2. The van der Waals surface area contributed by atoms with E-state index in [1.165, 1.54) is 12.8 Å². The second kappa shape index (κ2) is 3.06. The normalized spacial score (nSPS) is 17.9. The van der Waals surface area contributed by atoms with Crippen molar-refractivity contribution in [2.75, 3.05) is 11.1 Å². The highest BCUT2D eigenvalue weighted by Crippen LogP contribution is 2.40. The maximum Gasteiger partial charge on any atom is 0.0656 e. The summed E-state index contributed by atoms with van der Waals surface area (Å²) < 4.78 is 0. The minimum atomic E-state index is 0.282. The van der Waals surface area contributed by atoms with E-state index in [0.717, 1.165) is 11.3 Å². The van der Waals surface area contributed by atoms with Gasteiger partial charge in [0.1, 0.15) is 0 Å². The van der Waals surface area contributed by atoms with Crippen LogP contribution in [0.15, 0.2) is 12.1 Å². The molecule has 76 valence electrons. The summed E-state index contributed by atoms with van der Waals surface area (Å²) >= 11 is 5.97. The second-order valence-electron chi connectivity index (χ2n) is 4.37. The second-order valence-corrected chi connectivity index (χ2v) is 4.78. The lowest BCUT2D eigenvalue weighted by molar-refractivity contribution is 0.828. The molecule has 2 rings (SSSR count). The SMILES string of the molecule is Cc1cc(N)c(Cl)cc1NC1(C)CC1. The van der Waals surface area contributed by atoms with Crippen LogP contribution in [0.3, 0.4) is 0 Å². The van der Waals surface area contributed by atoms with Gasteiger partial charge >= 0.3 is 0 Å². The number of benzene rings is 1. The third-order valence-electron chi connectivity index (χ3n) is 2.78. The lowest BCUT2D eigenvalue weighted by Crippen LogP contribution is -2.16. The van der Waals surface area contributed by atoms with Gasteiger partial charge in [0.2, 0.25) is 0 Å². The zero-order valence-electron chi connectivity index (χ0n) is 8.52. The van der Waals surface area contributed by atoms with E-state index in [4.69, 9.17) is 17.3 Å². The maximum absolute atomic E-state index is 5.97. The Hall–Kier alpha value is -0.890. The molecule has 2 nitrogen and oxygen atoms in total. The number of nitrogen functional groups attached to an aromatic ring is 1. The third kappa shape index (κ3) is 1.80. The molecule has 3 N–H and O–H groups in total. The molecule has 0 bridgehead atoms. The minimum Gasteiger partial charge on any atom is -0.398 e. The lowest BCUT2D eigenvalue weighted by atomic mass is 10.1. The van der Waals surface area contributed by atoms with E-state index in [1.54, 1.807) is 0 Å². The van der Waals surface area contributed by atoms with Gasteiger partial charge in [-0.1, -0.05) is 11.6 Å². The van der Waals surface area contributed by atoms with Crippen molar-refractivity contribution >= 4 is 23.0 Å². The van der Waals surface area contributed by atoms with E-state index in [2.05, 4.69) is 12.2 Å². The van der Waals surface area contributed by atoms with Crippen LogP contribution < -0.4 is 11.1 Å². The molecule has 0 radical (unpaired) electrons. The largest absolute Gasteiger partial charge is 0.398 e. The summed E-state index contributed by atoms with van der Waals surface area (Å²) in [6.45, 7) is 4.26. The van der Waals surface area contributed by atoms with Crippen molar-refractivity contribution in [2.45, 2.75) is 32.2 Å². The van der Waals surface area contributed by atoms with Gasteiger partial charge in [0, 0.05) is 11.2 Å². The van der Waals surface area contributed by atoms with E-state index in [-0.39, 0.29) is 5.54 Å². The highest BCUT2D eigenvalue weighted by Gasteiger charge is 2.37. The first-order valence-electron chi connectivity index (χ1n) is 4.84. The fraction of sp³-hybridized carbons (Fsp3) is 0.455. The Kier molecular flexibility index (Phi) is 2.11. The average Bonchev–Trinajstić information content (AvgIpc) is 2.80. The number of hydrogen-bond acceptors (Lipinski definition) is 2. The van der Waals surface area contributed by atoms with Crippen LogP contribution in [0.2, 0.25) is 5.02 Å². The summed E-state index contributed by atoms with van der Waals surface area (Å²) in [5.74, 6) is 0. The van der Waals surface area contributed by atoms with Crippen LogP contribution >= 0.6 is 11.6 Å². The molecule has 3 heteroatoms. The molecule has 1 saturated carbocycles. The summed E-state index contributed by atoms with van der Waals surface area (Å²) in [5, 5.41) is 4.12. The minimum absolute atomic E-state index is 0.282. The zero-order chi connectivity index (χ0) is 10.3. The van der Waals surface area contributed by atoms with E-state index in [0.29, 0.717) is 10.7 Å². The molecular formula is C11H15ClN2. The molecule has 1 aliphatic carbocycles. The van der Waals surface area contributed by atoms with Crippen molar-refractivity contribution in [3.05, 3.63) is 22.7 Å². The molecule has 14 heavy (non-hydrogen) atoms. The molecule has 0 aliphatic heterocycles. The van der Waals surface area contributed by atoms with Gasteiger partial charge in [-0.25, -0.2) is 0 Å². The highest BCUT2D eigenvalue weighted by atomic mass is 35.5. The average molecular weight is 211 g/mol. The van der Waals surface area contributed by atoms with Gasteiger partial charge in [-0.15, -0.1) is 0 Å². The lowest BCUT2D eigenvalue weighted by Gasteiger charge is -2.16. The van der Waals surface area contributed by atoms with Crippen molar-refractivity contribution in [1.29, 1.82) is 0 Å². The Morgan fingerprint density at radius 1 is 1.43 bits per heavy atom. The third-order valence-corrected chi connectivity index (χ3v) is 3.11. The summed E-state index contributed by atoms with van der Waals surface area (Å²) in [6, 6.07) is 3.83. The number of nitrogens with one attached hydrogen (secondary N) is 1. The zero-order valence-corrected chi connectivity index (χ0v) is 9.28. The number of aryl methyl sites for hydroxylation is 1. The molecule has 0 spiro atoms. The van der Waals surface area contributed by atoms with Gasteiger partial charge in [-0.3, -0.25) is 0 Å². The fourth-order valence-corrected chi connectivity index (χ4v) is 1.64. The summed E-state index contributed by atoms with van der Waals surface area (Å²) in [4.78, 5) is 0. The molecule has 1 aliphatic rings. The van der Waals surface area contributed by atoms with Crippen LogP contribution in [-0.4, -0.2) is 5.54 Å². The maximum atomic E-state index is 5.97. The quantitative estimate of drug-likeness (QED) is 0.736. The first-order valence-corrected chi connectivity index (χ1v) is 5.22. The van der Waals surface area contributed by atoms with Crippen LogP contribution in [0.25, 0.3) is 0 Å². The summed E-state index contributed by atoms with van der Waals surface area (Å²) in [6.07, 6.45) is 2.46. The molecule has 0 atom stereocenters. The molecule has 0 amide bonds. The van der Waals surface area contributed by atoms with Crippen LogP contribution in [0.4, 0.5) is 11.4 Å². The van der Waals surface area contributed by atoms with Crippen molar-refractivity contribution in [3.8, 4) is 0 Å². The number of hydrogen-bond donors (Lipinski definition) is 2. The Morgan fingerprint density at radius 2 is 2.07 bits per heavy atom. The fourth-order valence-electron chi connectivity index (χ4n) is 1.48. The monoisotopic (exact) mass is 210 g/mol. The van der Waals surface area contributed by atoms with Gasteiger partial charge in [0.15, 0.2) is 0 Å². The number of nitrogens with two attached hydrogens (primary N) is 1. The van der Waals surface area contributed by atoms with Crippen molar-refractivity contribution in [1.82, 2.24) is 0 Å². The predicted molar refractivity (Wildman–Crippen MR) is 61.9 cm³/mol. The Labute approximate surface area is 89.4 Å². The van der Waals surface area contributed by atoms with E-state index in [9.17, 15) is 0 Å². The number of anilines is 2. The van der Waals surface area contributed by atoms with Gasteiger partial charge < -0.3 is 11.1 Å². The van der Waals surface area contributed by atoms with E-state index in [1.807, 2.05) is 19.1 Å². The highest BCUT2D eigenvalue weighted by molar-refractivity contribution is 6.33. The van der Waals surface area contributed by atoms with Gasteiger partial charge in [0.25, 0.3) is 0 Å². The molecule has 1 aromatic carbocycles. The van der Waals surface area contributed by atoms with Crippen LogP contribution in [0.1, 0.15) is 25.3 Å². The van der Waals surface area contributed by atoms with Crippen molar-refractivity contribution in [3.63, 3.8) is 0 Å².